The molecule has 2 nitrogen and oxygen atoms in total. The van der Waals surface area contributed by atoms with Crippen LogP contribution in [0.1, 0.15) is 119 Å². The highest BCUT2D eigenvalue weighted by Gasteiger charge is 2.32. The van der Waals surface area contributed by atoms with Gasteiger partial charge in [0.2, 0.25) is 7.28 Å². The van der Waals surface area contributed by atoms with Gasteiger partial charge in [-0.1, -0.05) is 139 Å². The predicted molar refractivity (Wildman–Crippen MR) is 211 cm³/mol. The van der Waals surface area contributed by atoms with Crippen molar-refractivity contribution >= 4 is 46.6 Å². The standard InChI is InChI=1S/C44H59BN2/c1-29(2)28-46(34-20-15-30(16-21-34)41(3,4)5)38-26-33(44(12,13)14)27-39-40(38)45-36-25-32(43(9,10)11)19-24-37(36)47(39)35-22-17-31(18-23-35)42(6,7)8/h15-27,29,45H,28H2,1-14H3. The van der Waals surface area contributed by atoms with E-state index in [-0.39, 0.29) is 21.7 Å². The van der Waals surface area contributed by atoms with Gasteiger partial charge in [-0.2, -0.15) is 0 Å². The summed E-state index contributed by atoms with van der Waals surface area (Å²) in [5, 5.41) is 0. The third-order valence-corrected chi connectivity index (χ3v) is 9.74. The van der Waals surface area contributed by atoms with Gasteiger partial charge in [-0.15, -0.1) is 0 Å². The molecule has 0 radical (unpaired) electrons. The predicted octanol–water partition coefficient (Wildman–Crippen LogP) is 10.8. The molecule has 0 amide bonds. The van der Waals surface area contributed by atoms with Crippen molar-refractivity contribution in [1.82, 2.24) is 0 Å². The average molecular weight is 627 g/mol. The van der Waals surface area contributed by atoms with Crippen molar-refractivity contribution in [2.24, 2.45) is 5.92 Å². The number of benzene rings is 4. The van der Waals surface area contributed by atoms with Gasteiger partial charge in [0.15, 0.2) is 0 Å². The Balaban J connectivity index is 1.81. The third-order valence-electron chi connectivity index (χ3n) is 9.74. The van der Waals surface area contributed by atoms with Gasteiger partial charge in [-0.3, -0.25) is 0 Å². The highest BCUT2D eigenvalue weighted by molar-refractivity contribution is 6.73. The second-order valence-electron chi connectivity index (χ2n) is 18.4. The summed E-state index contributed by atoms with van der Waals surface area (Å²) in [5.41, 5.74) is 14.9. The molecule has 47 heavy (non-hydrogen) atoms. The smallest absolute Gasteiger partial charge is 0.200 e. The highest BCUT2D eigenvalue weighted by Crippen LogP contribution is 2.42. The summed E-state index contributed by atoms with van der Waals surface area (Å²) in [6.45, 7) is 33.4. The van der Waals surface area contributed by atoms with Crippen molar-refractivity contribution in [2.45, 2.75) is 119 Å². The molecule has 0 N–H and O–H groups in total. The highest BCUT2D eigenvalue weighted by atomic mass is 15.2. The van der Waals surface area contributed by atoms with E-state index in [0.717, 1.165) is 13.8 Å². The molecular formula is C44H59BN2. The van der Waals surface area contributed by atoms with Crippen molar-refractivity contribution in [3.63, 3.8) is 0 Å². The normalized spacial score (nSPS) is 13.7. The van der Waals surface area contributed by atoms with Crippen LogP contribution in [0.25, 0.3) is 0 Å². The number of hydrogen-bond donors (Lipinski definition) is 0. The Morgan fingerprint density at radius 2 is 1.04 bits per heavy atom. The Hall–Kier alpha value is -3.46. The Morgan fingerprint density at radius 3 is 1.53 bits per heavy atom. The Bertz CT molecular complexity index is 1720. The Morgan fingerprint density at radius 1 is 0.553 bits per heavy atom. The summed E-state index contributed by atoms with van der Waals surface area (Å²) < 4.78 is 0. The van der Waals surface area contributed by atoms with Crippen molar-refractivity contribution in [2.75, 3.05) is 16.3 Å². The van der Waals surface area contributed by atoms with E-state index in [1.165, 1.54) is 61.6 Å². The van der Waals surface area contributed by atoms with Crippen LogP contribution in [0.4, 0.5) is 28.4 Å². The van der Waals surface area contributed by atoms with Crippen LogP contribution in [-0.4, -0.2) is 13.8 Å². The molecular weight excluding hydrogens is 567 g/mol. The van der Waals surface area contributed by atoms with Gasteiger partial charge in [0.1, 0.15) is 0 Å². The second kappa shape index (κ2) is 12.2. The quantitative estimate of drug-likeness (QED) is 0.179. The molecule has 0 fully saturated rings. The molecule has 0 saturated heterocycles. The average Bonchev–Trinajstić information content (AvgIpc) is 2.96. The molecule has 0 aliphatic carbocycles. The van der Waals surface area contributed by atoms with Crippen molar-refractivity contribution in [3.05, 3.63) is 101 Å². The first-order valence-electron chi connectivity index (χ1n) is 17.7. The lowest BCUT2D eigenvalue weighted by Gasteiger charge is -2.39. The van der Waals surface area contributed by atoms with E-state index in [1.807, 2.05) is 0 Å². The van der Waals surface area contributed by atoms with Crippen molar-refractivity contribution in [1.29, 1.82) is 0 Å². The zero-order chi connectivity index (χ0) is 34.7. The number of hydrogen-bond acceptors (Lipinski definition) is 2. The monoisotopic (exact) mass is 626 g/mol. The molecule has 0 aromatic heterocycles. The minimum Gasteiger partial charge on any atom is -0.342 e. The first-order valence-corrected chi connectivity index (χ1v) is 17.7. The second-order valence-corrected chi connectivity index (χ2v) is 18.4. The number of fused-ring (bicyclic) bond motifs is 2. The van der Waals surface area contributed by atoms with Gasteiger partial charge >= 0.3 is 0 Å². The molecule has 4 aromatic rings. The van der Waals surface area contributed by atoms with E-state index in [4.69, 9.17) is 0 Å². The van der Waals surface area contributed by atoms with E-state index >= 15 is 0 Å². The van der Waals surface area contributed by atoms with Crippen LogP contribution >= 0.6 is 0 Å². The van der Waals surface area contributed by atoms with E-state index in [9.17, 15) is 0 Å². The summed E-state index contributed by atoms with van der Waals surface area (Å²) in [5.74, 6) is 0.496. The largest absolute Gasteiger partial charge is 0.342 e. The Kier molecular flexibility index (Phi) is 9.06. The summed E-state index contributed by atoms with van der Waals surface area (Å²) in [4.78, 5) is 5.15. The summed E-state index contributed by atoms with van der Waals surface area (Å²) >= 11 is 0. The molecule has 0 spiro atoms. The first kappa shape index (κ1) is 34.9. The third kappa shape index (κ3) is 7.35. The maximum absolute atomic E-state index is 2.60. The van der Waals surface area contributed by atoms with Gasteiger partial charge in [-0.05, 0) is 97.8 Å². The fourth-order valence-corrected chi connectivity index (χ4v) is 6.67. The minimum atomic E-state index is -0.0124. The molecule has 0 atom stereocenters. The minimum absolute atomic E-state index is 0.0124. The van der Waals surface area contributed by atoms with Crippen LogP contribution in [-0.2, 0) is 21.7 Å². The topological polar surface area (TPSA) is 6.48 Å². The summed E-state index contributed by atoms with van der Waals surface area (Å²) in [7, 11) is 0.902. The van der Waals surface area contributed by atoms with Gasteiger partial charge in [0.05, 0.1) is 0 Å². The van der Waals surface area contributed by atoms with Crippen LogP contribution in [0.15, 0.2) is 78.9 Å². The molecule has 0 bridgehead atoms. The first-order chi connectivity index (χ1) is 21.6. The zero-order valence-corrected chi connectivity index (χ0v) is 31.9. The molecule has 3 heteroatoms. The summed E-state index contributed by atoms with van der Waals surface area (Å²) in [6, 6.07) is 30.8. The Labute approximate surface area is 287 Å². The van der Waals surface area contributed by atoms with Crippen LogP contribution in [0.2, 0.25) is 0 Å². The van der Waals surface area contributed by atoms with Gasteiger partial charge in [-0.25, -0.2) is 0 Å². The number of anilines is 5. The van der Waals surface area contributed by atoms with Crippen LogP contribution < -0.4 is 20.7 Å². The lowest BCUT2D eigenvalue weighted by atomic mass is 9.58. The lowest BCUT2D eigenvalue weighted by Crippen LogP contribution is -2.43. The number of nitrogens with zero attached hydrogens (tertiary/aromatic N) is 2. The van der Waals surface area contributed by atoms with Crippen LogP contribution in [0.5, 0.6) is 0 Å². The van der Waals surface area contributed by atoms with Gasteiger partial charge in [0, 0.05) is 35.0 Å². The van der Waals surface area contributed by atoms with Crippen molar-refractivity contribution in [3.8, 4) is 0 Å². The zero-order valence-electron chi connectivity index (χ0n) is 31.9. The van der Waals surface area contributed by atoms with E-state index in [0.29, 0.717) is 5.92 Å². The fraction of sp³-hybridized carbons (Fsp3) is 0.455. The van der Waals surface area contributed by atoms with E-state index in [1.54, 1.807) is 0 Å². The number of rotatable bonds is 5. The molecule has 1 aliphatic heterocycles. The van der Waals surface area contributed by atoms with Gasteiger partial charge < -0.3 is 9.80 Å². The molecule has 1 heterocycles. The molecule has 248 valence electrons. The van der Waals surface area contributed by atoms with Crippen molar-refractivity contribution < 1.29 is 0 Å². The van der Waals surface area contributed by atoms with Gasteiger partial charge in [0.25, 0.3) is 0 Å². The molecule has 4 aromatic carbocycles. The maximum atomic E-state index is 2.60. The lowest BCUT2D eigenvalue weighted by molar-refractivity contribution is 0.588. The summed E-state index contributed by atoms with van der Waals surface area (Å²) in [6.07, 6.45) is 0. The van der Waals surface area contributed by atoms with E-state index < -0.39 is 0 Å². The molecule has 5 rings (SSSR count). The van der Waals surface area contributed by atoms with E-state index in [2.05, 4.69) is 186 Å². The molecule has 1 aliphatic rings. The fourth-order valence-electron chi connectivity index (χ4n) is 6.67. The SMILES string of the molecule is CC(C)CN(c1ccc(C(C)(C)C)cc1)c1cc(C(C)(C)C)cc2c1Bc1cc(C(C)(C)C)ccc1N2c1ccc(C(C)(C)C)cc1. The van der Waals surface area contributed by atoms with Crippen LogP contribution in [0.3, 0.4) is 0 Å². The maximum Gasteiger partial charge on any atom is 0.200 e. The molecule has 0 unspecified atom stereocenters. The van der Waals surface area contributed by atoms with Crippen LogP contribution in [0, 0.1) is 5.92 Å². The molecule has 0 saturated carbocycles.